The highest BCUT2D eigenvalue weighted by molar-refractivity contribution is 7.89. The van der Waals surface area contributed by atoms with Gasteiger partial charge in [0, 0.05) is 6.61 Å². The van der Waals surface area contributed by atoms with Crippen molar-refractivity contribution in [1.29, 1.82) is 0 Å². The molecule has 5 heteroatoms. The highest BCUT2D eigenvalue weighted by Gasteiger charge is 2.20. The highest BCUT2D eigenvalue weighted by atomic mass is 32.2. The average molecular weight is 165 g/mol. The third-order valence-electron chi connectivity index (χ3n) is 1.44. The monoisotopic (exact) mass is 165 g/mol. The molecular weight excluding hydrogens is 154 g/mol. The summed E-state index contributed by atoms with van der Waals surface area (Å²) in [5.41, 5.74) is 0. The van der Waals surface area contributed by atoms with Gasteiger partial charge in [-0.2, -0.15) is 0 Å². The van der Waals surface area contributed by atoms with Gasteiger partial charge in [0.1, 0.15) is 0 Å². The molecule has 0 aliphatic carbocycles. The first-order chi connectivity index (χ1) is 4.58. The molecule has 1 aliphatic rings. The molecular formula is C5H11NO3S. The van der Waals surface area contributed by atoms with Crippen molar-refractivity contribution in [3.63, 3.8) is 0 Å². The second-order valence-electron chi connectivity index (χ2n) is 2.46. The van der Waals surface area contributed by atoms with E-state index in [-0.39, 0.29) is 11.9 Å². The number of nitrogens with two attached hydrogens (primary N) is 1. The predicted octanol–water partition coefficient (Wildman–Crippen LogP) is -0.546. The lowest BCUT2D eigenvalue weighted by Gasteiger charge is -2.05. The molecule has 0 bridgehead atoms. The second kappa shape index (κ2) is 2.86. The van der Waals surface area contributed by atoms with E-state index in [1.54, 1.807) is 0 Å². The van der Waals surface area contributed by atoms with E-state index >= 15 is 0 Å². The fourth-order valence-corrected chi connectivity index (χ4v) is 1.82. The zero-order valence-electron chi connectivity index (χ0n) is 5.62. The molecule has 1 fully saturated rings. The second-order valence-corrected chi connectivity index (χ2v) is 4.12. The summed E-state index contributed by atoms with van der Waals surface area (Å²) in [5, 5.41) is 4.81. The van der Waals surface area contributed by atoms with Crippen LogP contribution in [0.4, 0.5) is 0 Å². The number of ether oxygens (including phenoxy) is 1. The van der Waals surface area contributed by atoms with Crippen LogP contribution < -0.4 is 5.14 Å². The first kappa shape index (κ1) is 7.97. The zero-order chi connectivity index (χ0) is 7.61. The molecule has 1 aliphatic heterocycles. The zero-order valence-corrected chi connectivity index (χ0v) is 6.43. The first-order valence-electron chi connectivity index (χ1n) is 3.20. The lowest BCUT2D eigenvalue weighted by molar-refractivity contribution is 0.127. The third-order valence-corrected chi connectivity index (χ3v) is 2.28. The molecule has 60 valence electrons. The Kier molecular flexibility index (Phi) is 2.28. The molecule has 1 unspecified atom stereocenters. The van der Waals surface area contributed by atoms with Crippen LogP contribution in [0.3, 0.4) is 0 Å². The number of hydrogen-bond acceptors (Lipinski definition) is 3. The molecule has 1 saturated heterocycles. The summed E-state index contributed by atoms with van der Waals surface area (Å²) in [7, 11) is -3.33. The minimum absolute atomic E-state index is 0.0347. The van der Waals surface area contributed by atoms with Gasteiger partial charge >= 0.3 is 0 Å². The van der Waals surface area contributed by atoms with Gasteiger partial charge in [-0.05, 0) is 12.8 Å². The maximum Gasteiger partial charge on any atom is 0.211 e. The van der Waals surface area contributed by atoms with Crippen molar-refractivity contribution >= 4 is 10.0 Å². The van der Waals surface area contributed by atoms with Crippen LogP contribution in [-0.2, 0) is 14.8 Å². The Labute approximate surface area is 60.4 Å². The Morgan fingerprint density at radius 1 is 1.60 bits per heavy atom. The SMILES string of the molecule is NS(=O)(=O)CC1CCCO1. The smallest absolute Gasteiger partial charge is 0.211 e. The van der Waals surface area contributed by atoms with Crippen LogP contribution in [0.5, 0.6) is 0 Å². The molecule has 0 radical (unpaired) electrons. The van der Waals surface area contributed by atoms with Gasteiger partial charge in [-0.15, -0.1) is 0 Å². The molecule has 0 saturated carbocycles. The lowest BCUT2D eigenvalue weighted by Crippen LogP contribution is -2.25. The maximum atomic E-state index is 10.5. The number of primary sulfonamides is 1. The van der Waals surface area contributed by atoms with Crippen molar-refractivity contribution in [3.8, 4) is 0 Å². The van der Waals surface area contributed by atoms with Crippen molar-refractivity contribution in [2.75, 3.05) is 12.4 Å². The number of rotatable bonds is 2. The summed E-state index contributed by atoms with van der Waals surface area (Å²) in [6.07, 6.45) is 1.60. The number of hydrogen-bond donors (Lipinski definition) is 1. The standard InChI is InChI=1S/C5H11NO3S/c6-10(7,8)4-5-2-1-3-9-5/h5H,1-4H2,(H2,6,7,8). The summed E-state index contributed by atoms with van der Waals surface area (Å²) in [4.78, 5) is 0. The summed E-state index contributed by atoms with van der Waals surface area (Å²) in [6.45, 7) is 0.667. The fourth-order valence-electron chi connectivity index (χ4n) is 1.03. The molecule has 4 nitrogen and oxygen atoms in total. The van der Waals surface area contributed by atoms with Gasteiger partial charge in [0.05, 0.1) is 11.9 Å². The Morgan fingerprint density at radius 2 is 2.30 bits per heavy atom. The minimum atomic E-state index is -3.33. The molecule has 1 rings (SSSR count). The molecule has 10 heavy (non-hydrogen) atoms. The van der Waals surface area contributed by atoms with Gasteiger partial charge in [-0.25, -0.2) is 13.6 Å². The first-order valence-corrected chi connectivity index (χ1v) is 4.91. The van der Waals surface area contributed by atoms with Gasteiger partial charge in [0.25, 0.3) is 0 Å². The van der Waals surface area contributed by atoms with Gasteiger partial charge in [0.15, 0.2) is 0 Å². The maximum absolute atomic E-state index is 10.5. The topological polar surface area (TPSA) is 69.4 Å². The largest absolute Gasteiger partial charge is 0.377 e. The summed E-state index contributed by atoms with van der Waals surface area (Å²) in [5.74, 6) is -0.0347. The van der Waals surface area contributed by atoms with Gasteiger partial charge in [0.2, 0.25) is 10.0 Å². The number of sulfonamides is 1. The lowest BCUT2D eigenvalue weighted by atomic mass is 10.3. The molecule has 0 aromatic carbocycles. The van der Waals surface area contributed by atoms with Crippen molar-refractivity contribution in [2.45, 2.75) is 18.9 Å². The van der Waals surface area contributed by atoms with Crippen LogP contribution in [-0.4, -0.2) is 26.9 Å². The normalized spacial score (nSPS) is 27.1. The Balaban J connectivity index is 2.38. The van der Waals surface area contributed by atoms with E-state index in [1.807, 2.05) is 0 Å². The summed E-state index contributed by atoms with van der Waals surface area (Å²) >= 11 is 0. The van der Waals surface area contributed by atoms with Gasteiger partial charge in [-0.3, -0.25) is 0 Å². The van der Waals surface area contributed by atoms with E-state index in [2.05, 4.69) is 0 Å². The average Bonchev–Trinajstić information content (AvgIpc) is 2.12. The molecule has 1 atom stereocenters. The Bertz CT molecular complexity index is 193. The van der Waals surface area contributed by atoms with Crippen molar-refractivity contribution in [1.82, 2.24) is 0 Å². The molecule has 2 N–H and O–H groups in total. The highest BCUT2D eigenvalue weighted by Crippen LogP contribution is 2.12. The third kappa shape index (κ3) is 2.64. The van der Waals surface area contributed by atoms with Crippen LogP contribution in [0.15, 0.2) is 0 Å². The summed E-state index contributed by atoms with van der Waals surface area (Å²) < 4.78 is 26.0. The van der Waals surface area contributed by atoms with E-state index < -0.39 is 10.0 Å². The van der Waals surface area contributed by atoms with Gasteiger partial charge < -0.3 is 4.74 Å². The van der Waals surface area contributed by atoms with E-state index in [4.69, 9.17) is 9.88 Å². The van der Waals surface area contributed by atoms with Crippen molar-refractivity contribution in [3.05, 3.63) is 0 Å². The van der Waals surface area contributed by atoms with Crippen molar-refractivity contribution in [2.24, 2.45) is 5.14 Å². The van der Waals surface area contributed by atoms with Crippen LogP contribution in [0.2, 0.25) is 0 Å². The van der Waals surface area contributed by atoms with Crippen LogP contribution in [0.25, 0.3) is 0 Å². The predicted molar refractivity (Wildman–Crippen MR) is 36.9 cm³/mol. The van der Waals surface area contributed by atoms with E-state index in [9.17, 15) is 8.42 Å². The Hall–Kier alpha value is -0.130. The molecule has 0 aromatic rings. The van der Waals surface area contributed by atoms with E-state index in [0.29, 0.717) is 6.61 Å². The van der Waals surface area contributed by atoms with Crippen LogP contribution in [0.1, 0.15) is 12.8 Å². The molecule has 0 spiro atoms. The van der Waals surface area contributed by atoms with E-state index in [0.717, 1.165) is 12.8 Å². The van der Waals surface area contributed by atoms with Crippen molar-refractivity contribution < 1.29 is 13.2 Å². The molecule has 0 aromatic heterocycles. The quantitative estimate of drug-likeness (QED) is 0.597. The van der Waals surface area contributed by atoms with Gasteiger partial charge in [-0.1, -0.05) is 0 Å². The Morgan fingerprint density at radius 3 is 2.70 bits per heavy atom. The fraction of sp³-hybridized carbons (Fsp3) is 1.00. The molecule has 0 amide bonds. The van der Waals surface area contributed by atoms with Crippen LogP contribution >= 0.6 is 0 Å². The van der Waals surface area contributed by atoms with E-state index in [1.165, 1.54) is 0 Å². The summed E-state index contributed by atoms with van der Waals surface area (Å²) in [6, 6.07) is 0. The molecule has 1 heterocycles. The minimum Gasteiger partial charge on any atom is -0.377 e. The van der Waals surface area contributed by atoms with Crippen LogP contribution in [0, 0.1) is 0 Å².